The van der Waals surface area contributed by atoms with Crippen molar-refractivity contribution < 1.29 is 0 Å². The van der Waals surface area contributed by atoms with Crippen LogP contribution in [-0.4, -0.2) is 39.9 Å². The second kappa shape index (κ2) is 10.9. The summed E-state index contributed by atoms with van der Waals surface area (Å²) < 4.78 is 0. The summed E-state index contributed by atoms with van der Waals surface area (Å²) in [6.45, 7) is 4.01. The predicted octanol–water partition coefficient (Wildman–Crippen LogP) is 10.1. The zero-order valence-electron chi connectivity index (χ0n) is 27.3. The standard InChI is InChI=1S/C42H30N8/c1-23-3-13-35(43-22-23)42-48-34-16-12-29(20-40(34)50-42)27-8-9-31-21-36(46-37(31)17-27)25-4-6-26(7-5-25)41-47-33-15-11-30(19-39(33)49-41)28-10-14-32-38(18-28)45-24(2)44-32/h3-22,46H,1-2H3,(H,44,45)(H,47,49)(H,48,50). The van der Waals surface area contributed by atoms with E-state index in [1.54, 1.807) is 0 Å². The number of fused-ring (bicyclic) bond motifs is 4. The van der Waals surface area contributed by atoms with Gasteiger partial charge in [0, 0.05) is 28.4 Å². The van der Waals surface area contributed by atoms with Crippen molar-refractivity contribution in [1.29, 1.82) is 0 Å². The Bertz CT molecular complexity index is 2880. The molecule has 0 spiro atoms. The van der Waals surface area contributed by atoms with E-state index in [9.17, 15) is 0 Å². The molecule has 0 fully saturated rings. The van der Waals surface area contributed by atoms with Gasteiger partial charge in [-0.1, -0.05) is 60.7 Å². The van der Waals surface area contributed by atoms with E-state index < -0.39 is 0 Å². The number of aromatic amines is 4. The largest absolute Gasteiger partial charge is 0.355 e. The van der Waals surface area contributed by atoms with Crippen LogP contribution in [0.15, 0.2) is 121 Å². The zero-order valence-corrected chi connectivity index (χ0v) is 27.3. The third kappa shape index (κ3) is 4.85. The van der Waals surface area contributed by atoms with Gasteiger partial charge < -0.3 is 19.9 Å². The molecule has 0 unspecified atom stereocenters. The van der Waals surface area contributed by atoms with Crippen LogP contribution in [0.1, 0.15) is 11.4 Å². The number of H-pyrrole nitrogens is 4. The maximum absolute atomic E-state index is 4.90. The molecule has 5 aromatic heterocycles. The van der Waals surface area contributed by atoms with Gasteiger partial charge in [-0.2, -0.15) is 0 Å². The highest BCUT2D eigenvalue weighted by atomic mass is 14.9. The molecule has 5 aromatic carbocycles. The lowest BCUT2D eigenvalue weighted by atomic mass is 10.0. The molecular weight excluding hydrogens is 617 g/mol. The number of nitrogens with zero attached hydrogens (tertiary/aromatic N) is 4. The highest BCUT2D eigenvalue weighted by Crippen LogP contribution is 2.32. The number of hydrogen-bond acceptors (Lipinski definition) is 4. The van der Waals surface area contributed by atoms with Crippen LogP contribution in [0, 0.1) is 13.8 Å². The van der Waals surface area contributed by atoms with Gasteiger partial charge in [-0.05, 0) is 102 Å². The fraction of sp³-hybridized carbons (Fsp3) is 0.0476. The van der Waals surface area contributed by atoms with Crippen molar-refractivity contribution >= 4 is 44.0 Å². The fourth-order valence-electron chi connectivity index (χ4n) is 6.83. The molecule has 10 rings (SSSR count). The summed E-state index contributed by atoms with van der Waals surface area (Å²) in [6, 6.07) is 40.4. The molecule has 50 heavy (non-hydrogen) atoms. The summed E-state index contributed by atoms with van der Waals surface area (Å²) in [6.07, 6.45) is 1.86. The first kappa shape index (κ1) is 28.2. The lowest BCUT2D eigenvalue weighted by Crippen LogP contribution is -1.85. The Kier molecular flexibility index (Phi) is 6.13. The topological polar surface area (TPSA) is 115 Å². The lowest BCUT2D eigenvalue weighted by molar-refractivity contribution is 1.17. The number of benzene rings is 5. The highest BCUT2D eigenvalue weighted by Gasteiger charge is 2.12. The number of pyridine rings is 1. The van der Waals surface area contributed by atoms with E-state index in [1.165, 1.54) is 0 Å². The quantitative estimate of drug-likeness (QED) is 0.149. The van der Waals surface area contributed by atoms with Gasteiger partial charge in [0.2, 0.25) is 0 Å². The summed E-state index contributed by atoms with van der Waals surface area (Å²) >= 11 is 0. The first-order valence-corrected chi connectivity index (χ1v) is 16.6. The summed E-state index contributed by atoms with van der Waals surface area (Å²) in [4.78, 5) is 32.7. The molecule has 0 saturated heterocycles. The second-order valence-electron chi connectivity index (χ2n) is 13.0. The van der Waals surface area contributed by atoms with E-state index in [0.717, 1.165) is 112 Å². The Morgan fingerprint density at radius 1 is 0.420 bits per heavy atom. The van der Waals surface area contributed by atoms with E-state index in [0.29, 0.717) is 0 Å². The minimum atomic E-state index is 0.775. The third-order valence-corrected chi connectivity index (χ3v) is 9.48. The van der Waals surface area contributed by atoms with Crippen LogP contribution in [0.3, 0.4) is 0 Å². The molecule has 0 amide bonds. The molecule has 8 heteroatoms. The third-order valence-electron chi connectivity index (χ3n) is 9.48. The fourth-order valence-corrected chi connectivity index (χ4v) is 6.83. The first-order chi connectivity index (χ1) is 24.5. The highest BCUT2D eigenvalue weighted by molar-refractivity contribution is 5.92. The van der Waals surface area contributed by atoms with Gasteiger partial charge in [0.05, 0.1) is 33.1 Å². The van der Waals surface area contributed by atoms with E-state index in [-0.39, 0.29) is 0 Å². The molecule has 0 bridgehead atoms. The van der Waals surface area contributed by atoms with Gasteiger partial charge >= 0.3 is 0 Å². The second-order valence-corrected chi connectivity index (χ2v) is 13.0. The molecule has 0 saturated carbocycles. The SMILES string of the molecule is Cc1ccc(-c2nc3ccc(-c4ccc5cc(-c6ccc(-c7nc8ccc(-c9ccc%10nc(C)[nH]c%10c9)cc8[nH]7)cc6)[nH]c5c4)cc3[nH]2)nc1. The summed E-state index contributed by atoms with van der Waals surface area (Å²) in [7, 11) is 0. The molecule has 5 heterocycles. The average Bonchev–Trinajstić information content (AvgIpc) is 3.94. The van der Waals surface area contributed by atoms with Gasteiger partial charge in [-0.3, -0.25) is 4.98 Å². The summed E-state index contributed by atoms with van der Waals surface area (Å²) in [5, 5.41) is 1.16. The molecule has 0 aliphatic heterocycles. The van der Waals surface area contributed by atoms with Crippen molar-refractivity contribution in [2.75, 3.05) is 0 Å². The van der Waals surface area contributed by atoms with Crippen LogP contribution in [-0.2, 0) is 0 Å². The van der Waals surface area contributed by atoms with Crippen LogP contribution < -0.4 is 0 Å². The number of nitrogens with one attached hydrogen (secondary N) is 4. The molecule has 10 aromatic rings. The van der Waals surface area contributed by atoms with Crippen LogP contribution in [0.25, 0.3) is 100 Å². The van der Waals surface area contributed by atoms with Crippen molar-refractivity contribution in [3.63, 3.8) is 0 Å². The van der Waals surface area contributed by atoms with Crippen molar-refractivity contribution in [1.82, 2.24) is 39.9 Å². The summed E-state index contributed by atoms with van der Waals surface area (Å²) in [5.74, 6) is 2.54. The molecule has 0 radical (unpaired) electrons. The van der Waals surface area contributed by atoms with E-state index in [1.807, 2.05) is 26.1 Å². The maximum atomic E-state index is 4.90. The normalized spacial score (nSPS) is 11.8. The molecule has 8 nitrogen and oxygen atoms in total. The van der Waals surface area contributed by atoms with Crippen molar-refractivity contribution in [3.8, 4) is 56.4 Å². The Morgan fingerprint density at radius 3 is 1.62 bits per heavy atom. The minimum Gasteiger partial charge on any atom is -0.355 e. The monoisotopic (exact) mass is 646 g/mol. The number of rotatable bonds is 5. The Labute approximate surface area is 286 Å². The van der Waals surface area contributed by atoms with Gasteiger partial charge in [0.15, 0.2) is 5.82 Å². The molecule has 0 aliphatic carbocycles. The summed E-state index contributed by atoms with van der Waals surface area (Å²) in [5.41, 5.74) is 16.7. The van der Waals surface area contributed by atoms with Gasteiger partial charge in [-0.15, -0.1) is 0 Å². The number of aromatic nitrogens is 8. The lowest BCUT2D eigenvalue weighted by Gasteiger charge is -2.02. The molecule has 0 aliphatic rings. The van der Waals surface area contributed by atoms with E-state index in [2.05, 4.69) is 139 Å². The molecule has 238 valence electrons. The van der Waals surface area contributed by atoms with Crippen molar-refractivity contribution in [2.45, 2.75) is 13.8 Å². The molecule has 4 N–H and O–H groups in total. The number of aryl methyl sites for hydroxylation is 2. The Balaban J connectivity index is 0.907. The molecular formula is C42H30N8. The Morgan fingerprint density at radius 2 is 0.960 bits per heavy atom. The Hall–Kier alpha value is -6.80. The first-order valence-electron chi connectivity index (χ1n) is 16.6. The smallest absolute Gasteiger partial charge is 0.157 e. The van der Waals surface area contributed by atoms with E-state index >= 15 is 0 Å². The van der Waals surface area contributed by atoms with Crippen molar-refractivity contribution in [2.24, 2.45) is 0 Å². The van der Waals surface area contributed by atoms with E-state index in [4.69, 9.17) is 9.97 Å². The minimum absolute atomic E-state index is 0.775. The number of hydrogen-bond donors (Lipinski definition) is 4. The predicted molar refractivity (Wildman–Crippen MR) is 202 cm³/mol. The van der Waals surface area contributed by atoms with Gasteiger partial charge in [0.1, 0.15) is 17.3 Å². The number of imidazole rings is 3. The molecule has 0 atom stereocenters. The van der Waals surface area contributed by atoms with Crippen LogP contribution >= 0.6 is 0 Å². The average molecular weight is 647 g/mol. The van der Waals surface area contributed by atoms with Gasteiger partial charge in [-0.25, -0.2) is 15.0 Å². The van der Waals surface area contributed by atoms with Gasteiger partial charge in [0.25, 0.3) is 0 Å². The zero-order chi connectivity index (χ0) is 33.3. The van der Waals surface area contributed by atoms with Crippen LogP contribution in [0.4, 0.5) is 0 Å². The van der Waals surface area contributed by atoms with Crippen LogP contribution in [0.5, 0.6) is 0 Å². The van der Waals surface area contributed by atoms with Crippen molar-refractivity contribution in [3.05, 3.63) is 133 Å². The maximum Gasteiger partial charge on any atom is 0.157 e. The van der Waals surface area contributed by atoms with Crippen LogP contribution in [0.2, 0.25) is 0 Å².